The third-order valence-corrected chi connectivity index (χ3v) is 6.22. The van der Waals surface area contributed by atoms with E-state index in [4.69, 9.17) is 9.15 Å². The molecule has 1 aromatic heterocycles. The Kier molecular flexibility index (Phi) is 4.70. The molecule has 0 spiro atoms. The summed E-state index contributed by atoms with van der Waals surface area (Å²) in [6.45, 7) is 5.46. The first-order valence-electron chi connectivity index (χ1n) is 10.6. The molecule has 0 unspecified atom stereocenters. The topological polar surface area (TPSA) is 59.8 Å². The molecule has 0 saturated carbocycles. The minimum Gasteiger partial charge on any atom is -0.450 e. The minimum absolute atomic E-state index is 0.00906. The van der Waals surface area contributed by atoms with Crippen molar-refractivity contribution in [3.63, 3.8) is 0 Å². The molecule has 2 aliphatic rings. The highest BCUT2D eigenvalue weighted by molar-refractivity contribution is 5.99. The third-order valence-electron chi connectivity index (χ3n) is 6.22. The van der Waals surface area contributed by atoms with Gasteiger partial charge in [-0.05, 0) is 42.0 Å². The monoisotopic (exact) mass is 403 g/mol. The number of para-hydroxylation sites is 1. The molecule has 5 rings (SSSR count). The summed E-state index contributed by atoms with van der Waals surface area (Å²) >= 11 is 0. The molecule has 5 nitrogen and oxygen atoms in total. The van der Waals surface area contributed by atoms with E-state index in [0.29, 0.717) is 35.6 Å². The van der Waals surface area contributed by atoms with Crippen molar-refractivity contribution in [1.82, 2.24) is 4.90 Å². The van der Waals surface area contributed by atoms with Gasteiger partial charge in [0.15, 0.2) is 5.43 Å². The highest BCUT2D eigenvalue weighted by atomic mass is 16.5. The zero-order valence-corrected chi connectivity index (χ0v) is 17.3. The van der Waals surface area contributed by atoms with Gasteiger partial charge in [-0.25, -0.2) is 0 Å². The number of nitrogens with zero attached hydrogens (tertiary/aromatic N) is 1. The summed E-state index contributed by atoms with van der Waals surface area (Å²) in [5, 5.41) is 0.506. The summed E-state index contributed by atoms with van der Waals surface area (Å²) in [5.74, 6) is 0.337. The third kappa shape index (κ3) is 3.05. The summed E-state index contributed by atoms with van der Waals surface area (Å²) in [6, 6.07) is 14.9. The van der Waals surface area contributed by atoms with Crippen molar-refractivity contribution >= 4 is 16.9 Å². The maximum Gasteiger partial charge on any atom is 0.291 e. The van der Waals surface area contributed by atoms with Crippen molar-refractivity contribution in [2.24, 2.45) is 0 Å². The number of carbonyl (C=O) groups is 1. The quantitative estimate of drug-likeness (QED) is 0.637. The molecule has 0 aliphatic carbocycles. The lowest BCUT2D eigenvalue weighted by molar-refractivity contribution is 0.0486. The molecule has 5 heteroatoms. The molecule has 3 aromatic rings. The molecule has 0 bridgehead atoms. The SMILES string of the molecule is CC(C)c1ccc([C@@H]2c3c(oc4ccccc4c3=O)C(=O)N2C[C@H]2CCCO2)cc1. The van der Waals surface area contributed by atoms with Crippen LogP contribution < -0.4 is 5.43 Å². The predicted octanol–water partition coefficient (Wildman–Crippen LogP) is 4.64. The second-order valence-electron chi connectivity index (χ2n) is 8.49. The van der Waals surface area contributed by atoms with Crippen molar-refractivity contribution in [3.8, 4) is 0 Å². The Morgan fingerprint density at radius 1 is 1.07 bits per heavy atom. The van der Waals surface area contributed by atoms with Crippen LogP contribution in [-0.4, -0.2) is 30.1 Å². The average Bonchev–Trinajstić information content (AvgIpc) is 3.36. The zero-order valence-electron chi connectivity index (χ0n) is 17.3. The summed E-state index contributed by atoms with van der Waals surface area (Å²) in [7, 11) is 0. The van der Waals surface area contributed by atoms with Gasteiger partial charge in [0.2, 0.25) is 5.76 Å². The van der Waals surface area contributed by atoms with Gasteiger partial charge >= 0.3 is 0 Å². The van der Waals surface area contributed by atoms with Crippen LogP contribution in [0.3, 0.4) is 0 Å². The van der Waals surface area contributed by atoms with E-state index in [1.54, 1.807) is 17.0 Å². The number of amides is 1. The van der Waals surface area contributed by atoms with Crippen LogP contribution in [0.25, 0.3) is 11.0 Å². The first-order valence-corrected chi connectivity index (χ1v) is 10.6. The minimum atomic E-state index is -0.459. The molecule has 2 aliphatic heterocycles. The van der Waals surface area contributed by atoms with Gasteiger partial charge in [-0.15, -0.1) is 0 Å². The van der Waals surface area contributed by atoms with Crippen molar-refractivity contribution < 1.29 is 13.9 Å². The number of ether oxygens (including phenoxy) is 1. The van der Waals surface area contributed by atoms with Crippen molar-refractivity contribution in [1.29, 1.82) is 0 Å². The van der Waals surface area contributed by atoms with E-state index in [1.165, 1.54) is 5.56 Å². The van der Waals surface area contributed by atoms with Crippen LogP contribution in [0, 0.1) is 0 Å². The van der Waals surface area contributed by atoms with Gasteiger partial charge in [-0.2, -0.15) is 0 Å². The van der Waals surface area contributed by atoms with Crippen LogP contribution in [0.1, 0.15) is 65.9 Å². The van der Waals surface area contributed by atoms with E-state index < -0.39 is 6.04 Å². The Morgan fingerprint density at radius 3 is 2.53 bits per heavy atom. The second kappa shape index (κ2) is 7.40. The number of carbonyl (C=O) groups excluding carboxylic acids is 1. The van der Waals surface area contributed by atoms with Crippen LogP contribution >= 0.6 is 0 Å². The van der Waals surface area contributed by atoms with Crippen LogP contribution in [0.5, 0.6) is 0 Å². The van der Waals surface area contributed by atoms with Gasteiger partial charge in [0.1, 0.15) is 5.58 Å². The van der Waals surface area contributed by atoms with Crippen LogP contribution in [0.15, 0.2) is 57.7 Å². The van der Waals surface area contributed by atoms with Crippen LogP contribution in [0.4, 0.5) is 0 Å². The largest absolute Gasteiger partial charge is 0.450 e. The van der Waals surface area contributed by atoms with Gasteiger partial charge in [0.05, 0.1) is 23.1 Å². The molecule has 2 atom stereocenters. The number of hydrogen-bond acceptors (Lipinski definition) is 4. The van der Waals surface area contributed by atoms with E-state index in [9.17, 15) is 9.59 Å². The van der Waals surface area contributed by atoms with Crippen molar-refractivity contribution in [2.75, 3.05) is 13.2 Å². The van der Waals surface area contributed by atoms with Gasteiger partial charge in [-0.3, -0.25) is 9.59 Å². The fraction of sp³-hybridized carbons (Fsp3) is 0.360. The van der Waals surface area contributed by atoms with E-state index in [2.05, 4.69) is 26.0 Å². The maximum absolute atomic E-state index is 13.4. The lowest BCUT2D eigenvalue weighted by Gasteiger charge is -2.27. The molecule has 154 valence electrons. The normalized spacial score (nSPS) is 21.0. The van der Waals surface area contributed by atoms with E-state index >= 15 is 0 Å². The van der Waals surface area contributed by atoms with Crippen molar-refractivity contribution in [2.45, 2.75) is 44.8 Å². The number of hydrogen-bond donors (Lipinski definition) is 0. The van der Waals surface area contributed by atoms with Crippen LogP contribution in [-0.2, 0) is 4.74 Å². The molecular weight excluding hydrogens is 378 g/mol. The summed E-state index contributed by atoms with van der Waals surface area (Å²) in [6.07, 6.45) is 1.90. The van der Waals surface area contributed by atoms with E-state index in [-0.39, 0.29) is 23.2 Å². The van der Waals surface area contributed by atoms with Crippen LogP contribution in [0.2, 0.25) is 0 Å². The molecule has 1 saturated heterocycles. The summed E-state index contributed by atoms with van der Waals surface area (Å²) < 4.78 is 11.8. The number of fused-ring (bicyclic) bond motifs is 2. The Labute approximate surface area is 175 Å². The summed E-state index contributed by atoms with van der Waals surface area (Å²) in [4.78, 5) is 28.6. The highest BCUT2D eigenvalue weighted by Crippen LogP contribution is 2.39. The van der Waals surface area contributed by atoms with Crippen molar-refractivity contribution in [3.05, 3.63) is 81.2 Å². The Hall–Kier alpha value is -2.92. The first-order chi connectivity index (χ1) is 14.5. The lowest BCUT2D eigenvalue weighted by atomic mass is 9.95. The Morgan fingerprint density at radius 2 is 1.83 bits per heavy atom. The van der Waals surface area contributed by atoms with E-state index in [1.807, 2.05) is 24.3 Å². The second-order valence-corrected chi connectivity index (χ2v) is 8.49. The molecule has 0 radical (unpaired) electrons. The Bertz CT molecular complexity index is 1160. The first kappa shape index (κ1) is 19.1. The molecule has 0 N–H and O–H groups in total. The fourth-order valence-electron chi connectivity index (χ4n) is 4.57. The molecular formula is C25H25NO4. The number of benzene rings is 2. The molecule has 3 heterocycles. The maximum atomic E-state index is 13.4. The average molecular weight is 403 g/mol. The predicted molar refractivity (Wildman–Crippen MR) is 115 cm³/mol. The van der Waals surface area contributed by atoms with Gasteiger partial charge < -0.3 is 14.1 Å². The fourth-order valence-corrected chi connectivity index (χ4v) is 4.57. The molecule has 1 fully saturated rings. The zero-order chi connectivity index (χ0) is 20.8. The molecule has 30 heavy (non-hydrogen) atoms. The lowest BCUT2D eigenvalue weighted by Crippen LogP contribution is -2.36. The van der Waals surface area contributed by atoms with E-state index in [0.717, 1.165) is 18.4 Å². The standard InChI is InChI=1S/C25H25NO4/c1-15(2)16-9-11-17(12-10-16)22-21-23(27)19-7-3-4-8-20(19)30-24(21)25(28)26(22)14-18-6-5-13-29-18/h3-4,7-12,15,18,22H,5-6,13-14H2,1-2H3/t18-,22-/m1/s1. The van der Waals surface area contributed by atoms with Gasteiger partial charge in [-0.1, -0.05) is 50.2 Å². The molecule has 2 aromatic carbocycles. The highest BCUT2D eigenvalue weighted by Gasteiger charge is 2.43. The number of rotatable bonds is 4. The van der Waals surface area contributed by atoms with Gasteiger partial charge in [0, 0.05) is 13.2 Å². The Balaban J connectivity index is 1.67. The van der Waals surface area contributed by atoms with Gasteiger partial charge in [0.25, 0.3) is 5.91 Å². The smallest absolute Gasteiger partial charge is 0.291 e. The molecule has 1 amide bonds. The summed E-state index contributed by atoms with van der Waals surface area (Å²) in [5.41, 5.74) is 2.90.